The molecule has 0 aromatic heterocycles. The maximum absolute atomic E-state index is 5.85. The molecule has 0 bridgehead atoms. The van der Waals surface area contributed by atoms with Gasteiger partial charge in [-0.25, -0.2) is 0 Å². The molecule has 1 aromatic rings. The van der Waals surface area contributed by atoms with Crippen molar-refractivity contribution in [1.82, 2.24) is 5.32 Å². The third kappa shape index (κ3) is 8.02. The van der Waals surface area contributed by atoms with Gasteiger partial charge in [0.25, 0.3) is 0 Å². The number of nitrogens with one attached hydrogen (secondary N) is 1. The van der Waals surface area contributed by atoms with Crippen LogP contribution in [-0.2, 0) is 11.2 Å². The van der Waals surface area contributed by atoms with E-state index in [0.717, 1.165) is 32.5 Å². The van der Waals surface area contributed by atoms with E-state index >= 15 is 0 Å². The van der Waals surface area contributed by atoms with Crippen LogP contribution in [0.5, 0.6) is 0 Å². The highest BCUT2D eigenvalue weighted by molar-refractivity contribution is 5.15. The Morgan fingerprint density at radius 2 is 1.84 bits per heavy atom. The minimum absolute atomic E-state index is 0.0323. The Bertz CT molecular complexity index is 329. The summed E-state index contributed by atoms with van der Waals surface area (Å²) < 4.78 is 5.85. The van der Waals surface area contributed by atoms with Crippen molar-refractivity contribution in [3.63, 3.8) is 0 Å². The smallest absolute Gasteiger partial charge is 0.0598 e. The van der Waals surface area contributed by atoms with Crippen molar-refractivity contribution in [2.45, 2.75) is 46.1 Å². The van der Waals surface area contributed by atoms with Crippen molar-refractivity contribution in [1.29, 1.82) is 0 Å². The van der Waals surface area contributed by atoms with Crippen LogP contribution in [0.15, 0.2) is 30.3 Å². The van der Waals surface area contributed by atoms with Crippen molar-refractivity contribution >= 4 is 0 Å². The van der Waals surface area contributed by atoms with Crippen LogP contribution in [0.2, 0.25) is 0 Å². The lowest BCUT2D eigenvalue weighted by Crippen LogP contribution is -2.27. The van der Waals surface area contributed by atoms with Crippen molar-refractivity contribution in [2.24, 2.45) is 5.92 Å². The molecule has 108 valence electrons. The Hall–Kier alpha value is -0.860. The van der Waals surface area contributed by atoms with Crippen LogP contribution in [0, 0.1) is 5.92 Å². The van der Waals surface area contributed by atoms with Crippen molar-refractivity contribution < 1.29 is 4.74 Å². The highest BCUT2D eigenvalue weighted by atomic mass is 16.5. The van der Waals surface area contributed by atoms with Gasteiger partial charge in [0.2, 0.25) is 0 Å². The van der Waals surface area contributed by atoms with E-state index in [-0.39, 0.29) is 5.60 Å². The van der Waals surface area contributed by atoms with E-state index in [9.17, 15) is 0 Å². The fourth-order valence-electron chi connectivity index (χ4n) is 2.10. The summed E-state index contributed by atoms with van der Waals surface area (Å²) in [5.41, 5.74) is 1.39. The number of hydrogen-bond donors (Lipinski definition) is 1. The van der Waals surface area contributed by atoms with Crippen LogP contribution in [0.25, 0.3) is 0 Å². The van der Waals surface area contributed by atoms with Gasteiger partial charge in [-0.3, -0.25) is 0 Å². The molecule has 1 rings (SSSR count). The molecular formula is C17H29NO. The first kappa shape index (κ1) is 16.2. The standard InChI is InChI=1S/C17H29NO/c1-5-18-14-16(11-12-19-17(2,3)4)13-15-9-7-6-8-10-15/h6-10,16,18H,5,11-14H2,1-4H3. The van der Waals surface area contributed by atoms with Crippen LogP contribution in [0.1, 0.15) is 39.7 Å². The molecule has 0 aliphatic carbocycles. The summed E-state index contributed by atoms with van der Waals surface area (Å²) in [7, 11) is 0. The van der Waals surface area contributed by atoms with Gasteiger partial charge in [0.05, 0.1) is 5.60 Å². The number of rotatable bonds is 8. The molecule has 2 heteroatoms. The molecule has 2 nitrogen and oxygen atoms in total. The number of ether oxygens (including phenoxy) is 1. The molecule has 0 spiro atoms. The Labute approximate surface area is 118 Å². The second-order valence-electron chi connectivity index (χ2n) is 6.11. The molecule has 1 unspecified atom stereocenters. The monoisotopic (exact) mass is 263 g/mol. The van der Waals surface area contributed by atoms with Gasteiger partial charge in [0.1, 0.15) is 0 Å². The van der Waals surface area contributed by atoms with Crippen molar-refractivity contribution in [2.75, 3.05) is 19.7 Å². The summed E-state index contributed by atoms with van der Waals surface area (Å²) in [6.07, 6.45) is 2.24. The summed E-state index contributed by atoms with van der Waals surface area (Å²) in [6, 6.07) is 10.7. The second-order valence-corrected chi connectivity index (χ2v) is 6.11. The first-order chi connectivity index (χ1) is 9.01. The van der Waals surface area contributed by atoms with Crippen LogP contribution in [-0.4, -0.2) is 25.3 Å². The summed E-state index contributed by atoms with van der Waals surface area (Å²) in [6.45, 7) is 11.4. The zero-order valence-corrected chi connectivity index (χ0v) is 12.9. The van der Waals surface area contributed by atoms with E-state index < -0.39 is 0 Å². The summed E-state index contributed by atoms with van der Waals surface area (Å²) in [5.74, 6) is 0.643. The quantitative estimate of drug-likeness (QED) is 0.773. The molecule has 1 atom stereocenters. The molecule has 1 aromatic carbocycles. The van der Waals surface area contributed by atoms with E-state index in [4.69, 9.17) is 4.74 Å². The lowest BCUT2D eigenvalue weighted by Gasteiger charge is -2.23. The van der Waals surface area contributed by atoms with Gasteiger partial charge >= 0.3 is 0 Å². The van der Waals surface area contributed by atoms with Gasteiger partial charge in [-0.2, -0.15) is 0 Å². The molecule has 0 saturated carbocycles. The van der Waals surface area contributed by atoms with E-state index in [1.165, 1.54) is 5.56 Å². The molecule has 0 aliphatic heterocycles. The Morgan fingerprint density at radius 1 is 1.16 bits per heavy atom. The highest BCUT2D eigenvalue weighted by Crippen LogP contribution is 2.14. The minimum atomic E-state index is -0.0323. The molecular weight excluding hydrogens is 234 g/mol. The highest BCUT2D eigenvalue weighted by Gasteiger charge is 2.13. The summed E-state index contributed by atoms with van der Waals surface area (Å²) in [4.78, 5) is 0. The fraction of sp³-hybridized carbons (Fsp3) is 0.647. The maximum atomic E-state index is 5.85. The first-order valence-corrected chi connectivity index (χ1v) is 7.40. The van der Waals surface area contributed by atoms with E-state index in [2.05, 4.69) is 63.3 Å². The fourth-order valence-corrected chi connectivity index (χ4v) is 2.10. The maximum Gasteiger partial charge on any atom is 0.0598 e. The van der Waals surface area contributed by atoms with E-state index in [0.29, 0.717) is 5.92 Å². The Kier molecular flexibility index (Phi) is 7.11. The Balaban J connectivity index is 2.42. The van der Waals surface area contributed by atoms with Crippen LogP contribution in [0.3, 0.4) is 0 Å². The second kappa shape index (κ2) is 8.34. The molecule has 0 fully saturated rings. The predicted molar refractivity (Wildman–Crippen MR) is 82.5 cm³/mol. The van der Waals surface area contributed by atoms with Crippen LogP contribution >= 0.6 is 0 Å². The topological polar surface area (TPSA) is 21.3 Å². The molecule has 0 aliphatic rings. The average molecular weight is 263 g/mol. The van der Waals surface area contributed by atoms with Gasteiger partial charge in [0, 0.05) is 6.61 Å². The number of benzene rings is 1. The van der Waals surface area contributed by atoms with Crippen LogP contribution in [0.4, 0.5) is 0 Å². The van der Waals surface area contributed by atoms with Gasteiger partial charge in [-0.05, 0) is 58.2 Å². The van der Waals surface area contributed by atoms with Gasteiger partial charge in [-0.1, -0.05) is 37.3 Å². The average Bonchev–Trinajstić information content (AvgIpc) is 2.35. The molecule has 0 radical (unpaired) electrons. The third-order valence-electron chi connectivity index (χ3n) is 3.11. The van der Waals surface area contributed by atoms with Crippen molar-refractivity contribution in [3.8, 4) is 0 Å². The lowest BCUT2D eigenvalue weighted by atomic mass is 9.96. The lowest BCUT2D eigenvalue weighted by molar-refractivity contribution is -0.00918. The van der Waals surface area contributed by atoms with Gasteiger partial charge < -0.3 is 10.1 Å². The van der Waals surface area contributed by atoms with Gasteiger partial charge in [-0.15, -0.1) is 0 Å². The van der Waals surface area contributed by atoms with E-state index in [1.54, 1.807) is 0 Å². The molecule has 1 N–H and O–H groups in total. The molecule has 0 amide bonds. The molecule has 0 heterocycles. The molecule has 19 heavy (non-hydrogen) atoms. The normalized spacial score (nSPS) is 13.5. The van der Waals surface area contributed by atoms with E-state index in [1.807, 2.05) is 0 Å². The zero-order chi connectivity index (χ0) is 14.1. The first-order valence-electron chi connectivity index (χ1n) is 7.40. The third-order valence-corrected chi connectivity index (χ3v) is 3.11. The SMILES string of the molecule is CCNCC(CCOC(C)(C)C)Cc1ccccc1. The zero-order valence-electron chi connectivity index (χ0n) is 12.9. The Morgan fingerprint density at radius 3 is 2.42 bits per heavy atom. The summed E-state index contributed by atoms with van der Waals surface area (Å²) in [5, 5.41) is 3.46. The minimum Gasteiger partial charge on any atom is -0.376 e. The predicted octanol–water partition coefficient (Wildman–Crippen LogP) is 3.66. The number of hydrogen-bond acceptors (Lipinski definition) is 2. The molecule has 0 saturated heterocycles. The van der Waals surface area contributed by atoms with Crippen molar-refractivity contribution in [3.05, 3.63) is 35.9 Å². The largest absolute Gasteiger partial charge is 0.376 e. The summed E-state index contributed by atoms with van der Waals surface area (Å²) >= 11 is 0. The van der Waals surface area contributed by atoms with Crippen LogP contribution < -0.4 is 5.32 Å². The van der Waals surface area contributed by atoms with Gasteiger partial charge in [0.15, 0.2) is 0 Å².